The van der Waals surface area contributed by atoms with Crippen molar-refractivity contribution in [3.05, 3.63) is 0 Å². The van der Waals surface area contributed by atoms with Crippen molar-refractivity contribution >= 4 is 29.7 Å². The maximum atomic E-state index is 13.1. The second-order valence-corrected chi connectivity index (χ2v) is 8.99. The van der Waals surface area contributed by atoms with Crippen molar-refractivity contribution in [1.29, 1.82) is 0 Å². The van der Waals surface area contributed by atoms with Crippen LogP contribution in [0, 0.1) is 11.8 Å². The third-order valence-corrected chi connectivity index (χ3v) is 5.40. The minimum absolute atomic E-state index is 0.0478. The number of carbonyl (C=O) groups is 5. The number of likely N-dealkylation sites (tertiary alicyclic amines) is 1. The highest BCUT2D eigenvalue weighted by atomic mass is 16.4. The van der Waals surface area contributed by atoms with E-state index in [2.05, 4.69) is 10.6 Å². The topological polar surface area (TPSA) is 179 Å². The van der Waals surface area contributed by atoms with E-state index in [1.165, 1.54) is 4.90 Å². The predicted molar refractivity (Wildman–Crippen MR) is 115 cm³/mol. The van der Waals surface area contributed by atoms with Crippen LogP contribution in [-0.2, 0) is 24.0 Å². The third-order valence-electron chi connectivity index (χ3n) is 5.40. The van der Waals surface area contributed by atoms with Gasteiger partial charge in [0.1, 0.15) is 18.1 Å². The number of rotatable bonds is 12. The maximum absolute atomic E-state index is 13.1. The Morgan fingerprint density at radius 2 is 1.66 bits per heavy atom. The summed E-state index contributed by atoms with van der Waals surface area (Å²) < 4.78 is 0. The first-order valence-electron chi connectivity index (χ1n) is 11.0. The Labute approximate surface area is 188 Å². The van der Waals surface area contributed by atoms with Crippen LogP contribution in [0.4, 0.5) is 0 Å². The summed E-state index contributed by atoms with van der Waals surface area (Å²) in [6.07, 6.45) is 0.892. The fourth-order valence-electron chi connectivity index (χ4n) is 3.65. The van der Waals surface area contributed by atoms with Gasteiger partial charge in [0, 0.05) is 13.0 Å². The Hall–Kier alpha value is -2.69. The number of nitrogens with zero attached hydrogens (tertiary/aromatic N) is 1. The largest absolute Gasteiger partial charge is 0.481 e. The lowest BCUT2D eigenvalue weighted by atomic mass is 9.99. The number of carboxylic acid groups (broad SMARTS) is 2. The fourth-order valence-corrected chi connectivity index (χ4v) is 3.65. The Kier molecular flexibility index (Phi) is 10.6. The average molecular weight is 457 g/mol. The molecule has 4 unspecified atom stereocenters. The van der Waals surface area contributed by atoms with Crippen LogP contribution in [0.2, 0.25) is 0 Å². The van der Waals surface area contributed by atoms with Crippen LogP contribution in [0.3, 0.4) is 0 Å². The van der Waals surface area contributed by atoms with Crippen LogP contribution in [-0.4, -0.2) is 75.5 Å². The number of carboxylic acids is 2. The zero-order valence-corrected chi connectivity index (χ0v) is 19.2. The second kappa shape index (κ2) is 12.4. The number of amides is 3. The van der Waals surface area contributed by atoms with Crippen molar-refractivity contribution in [3.8, 4) is 0 Å². The first-order chi connectivity index (χ1) is 14.8. The van der Waals surface area contributed by atoms with Gasteiger partial charge in [-0.05, 0) is 37.5 Å². The molecule has 1 saturated heterocycles. The smallest absolute Gasteiger partial charge is 0.326 e. The van der Waals surface area contributed by atoms with E-state index in [-0.39, 0.29) is 24.7 Å². The summed E-state index contributed by atoms with van der Waals surface area (Å²) in [7, 11) is 0. The molecule has 0 radical (unpaired) electrons. The summed E-state index contributed by atoms with van der Waals surface area (Å²) in [6.45, 7) is 7.51. The molecule has 0 aliphatic carbocycles. The third kappa shape index (κ3) is 8.10. The monoisotopic (exact) mass is 456 g/mol. The van der Waals surface area contributed by atoms with E-state index in [9.17, 15) is 29.1 Å². The molecule has 1 aliphatic rings. The van der Waals surface area contributed by atoms with E-state index in [4.69, 9.17) is 10.8 Å². The van der Waals surface area contributed by atoms with Gasteiger partial charge in [0.15, 0.2) is 0 Å². The Morgan fingerprint density at radius 1 is 1.03 bits per heavy atom. The highest BCUT2D eigenvalue weighted by Gasteiger charge is 2.38. The first kappa shape index (κ1) is 27.3. The highest BCUT2D eigenvalue weighted by Crippen LogP contribution is 2.20. The number of hydrogen-bond acceptors (Lipinski definition) is 6. The molecule has 3 amide bonds. The molecule has 0 saturated carbocycles. The molecule has 0 aromatic carbocycles. The summed E-state index contributed by atoms with van der Waals surface area (Å²) in [5.74, 6) is -4.13. The second-order valence-electron chi connectivity index (χ2n) is 8.99. The van der Waals surface area contributed by atoms with E-state index < -0.39 is 53.8 Å². The van der Waals surface area contributed by atoms with Crippen LogP contribution in [0.15, 0.2) is 0 Å². The Bertz CT molecular complexity index is 710. The molecule has 11 heteroatoms. The lowest BCUT2D eigenvalue weighted by Gasteiger charge is -2.30. The quantitative estimate of drug-likeness (QED) is 0.270. The Balaban J connectivity index is 2.93. The minimum atomic E-state index is -1.09. The van der Waals surface area contributed by atoms with Gasteiger partial charge in [-0.1, -0.05) is 27.7 Å². The van der Waals surface area contributed by atoms with Crippen LogP contribution in [0.1, 0.15) is 59.8 Å². The molecule has 6 N–H and O–H groups in total. The summed E-state index contributed by atoms with van der Waals surface area (Å²) >= 11 is 0. The summed E-state index contributed by atoms with van der Waals surface area (Å²) in [4.78, 5) is 61.9. The molecule has 0 spiro atoms. The van der Waals surface area contributed by atoms with Crippen LogP contribution in [0.5, 0.6) is 0 Å². The van der Waals surface area contributed by atoms with E-state index in [0.29, 0.717) is 25.8 Å². The van der Waals surface area contributed by atoms with Crippen LogP contribution >= 0.6 is 0 Å². The number of carbonyl (C=O) groups excluding carboxylic acids is 3. The van der Waals surface area contributed by atoms with E-state index in [0.717, 1.165) is 0 Å². The van der Waals surface area contributed by atoms with Crippen molar-refractivity contribution in [1.82, 2.24) is 15.5 Å². The number of nitrogens with one attached hydrogen (secondary N) is 2. The molecular formula is C21H36N4O7. The van der Waals surface area contributed by atoms with Gasteiger partial charge in [0.25, 0.3) is 0 Å². The van der Waals surface area contributed by atoms with Gasteiger partial charge in [-0.15, -0.1) is 0 Å². The fraction of sp³-hybridized carbons (Fsp3) is 0.762. The van der Waals surface area contributed by atoms with Crippen molar-refractivity contribution in [2.24, 2.45) is 17.6 Å². The number of aliphatic carboxylic acids is 2. The summed E-state index contributed by atoms with van der Waals surface area (Å²) in [6, 6.07) is -3.92. The molecule has 1 aliphatic heterocycles. The molecule has 11 nitrogen and oxygen atoms in total. The molecular weight excluding hydrogens is 420 g/mol. The van der Waals surface area contributed by atoms with Crippen molar-refractivity contribution in [2.45, 2.75) is 84.0 Å². The lowest BCUT2D eigenvalue weighted by molar-refractivity contribution is -0.149. The summed E-state index contributed by atoms with van der Waals surface area (Å²) in [5.41, 5.74) is 5.73. The van der Waals surface area contributed by atoms with Gasteiger partial charge >= 0.3 is 11.9 Å². The number of nitrogens with two attached hydrogens (primary N) is 1. The van der Waals surface area contributed by atoms with Gasteiger partial charge in [-0.2, -0.15) is 0 Å². The molecule has 0 bridgehead atoms. The first-order valence-corrected chi connectivity index (χ1v) is 11.0. The van der Waals surface area contributed by atoms with Gasteiger partial charge in [0.2, 0.25) is 17.7 Å². The normalized spacial score (nSPS) is 18.8. The molecule has 1 heterocycles. The molecule has 0 aromatic heterocycles. The van der Waals surface area contributed by atoms with Gasteiger partial charge in [0.05, 0.1) is 6.04 Å². The summed E-state index contributed by atoms with van der Waals surface area (Å²) in [5, 5.41) is 23.4. The lowest BCUT2D eigenvalue weighted by Crippen LogP contribution is -2.58. The SMILES string of the molecule is CC(C)CC(NC(=O)C(NC(=O)C(N)CCC(=O)O)C(C)C)C(=O)N1CCCC1C(=O)O. The van der Waals surface area contributed by atoms with E-state index in [1.54, 1.807) is 13.8 Å². The molecule has 1 rings (SSSR count). The molecule has 182 valence electrons. The maximum Gasteiger partial charge on any atom is 0.326 e. The van der Waals surface area contributed by atoms with Gasteiger partial charge in [-0.25, -0.2) is 4.79 Å². The molecule has 1 fully saturated rings. The average Bonchev–Trinajstić information content (AvgIpc) is 3.18. The molecule has 4 atom stereocenters. The molecule has 0 aromatic rings. The predicted octanol–water partition coefficient (Wildman–Crippen LogP) is -0.0742. The van der Waals surface area contributed by atoms with Crippen LogP contribution in [0.25, 0.3) is 0 Å². The number of hydrogen-bond donors (Lipinski definition) is 5. The highest BCUT2D eigenvalue weighted by molar-refractivity contribution is 5.94. The van der Waals surface area contributed by atoms with E-state index in [1.807, 2.05) is 13.8 Å². The van der Waals surface area contributed by atoms with Crippen molar-refractivity contribution < 1.29 is 34.2 Å². The molecule has 32 heavy (non-hydrogen) atoms. The van der Waals surface area contributed by atoms with Gasteiger partial charge in [-0.3, -0.25) is 19.2 Å². The van der Waals surface area contributed by atoms with Crippen LogP contribution < -0.4 is 16.4 Å². The van der Waals surface area contributed by atoms with E-state index >= 15 is 0 Å². The zero-order chi connectivity index (χ0) is 24.6. The zero-order valence-electron chi connectivity index (χ0n) is 19.2. The standard InChI is InChI=1S/C21H36N4O7/c1-11(2)10-14(20(30)25-9-5-6-15(25)21(31)32)23-19(29)17(12(3)4)24-18(28)13(22)7-8-16(26)27/h11-15,17H,5-10,22H2,1-4H3,(H,23,29)(H,24,28)(H,26,27)(H,31,32). The minimum Gasteiger partial charge on any atom is -0.481 e. The van der Waals surface area contributed by atoms with Crippen molar-refractivity contribution in [3.63, 3.8) is 0 Å². The Morgan fingerprint density at radius 3 is 2.16 bits per heavy atom. The van der Waals surface area contributed by atoms with Gasteiger partial charge < -0.3 is 31.5 Å². The van der Waals surface area contributed by atoms with Crippen molar-refractivity contribution in [2.75, 3.05) is 6.54 Å².